The van der Waals surface area contributed by atoms with E-state index < -0.39 is 0 Å². The Kier molecular flexibility index (Phi) is 9.56. The number of aromatic nitrogens is 2. The largest absolute Gasteiger partial charge is 1.00 e. The standard InChI is InChI=1S/C14H16N4O.2BrH/c15-14-4-10-18(11-5-14)7-1-6-17-8-2-13(3-9-17)12-16-19;;/h2-5,8-12,15H,1,6-7H2;2*1H. The molecule has 0 aliphatic rings. The molecule has 0 saturated carbocycles. The quantitative estimate of drug-likeness (QED) is 0.221. The predicted molar refractivity (Wildman–Crippen MR) is 71.7 cm³/mol. The number of nitrogens with zero attached hydrogens (tertiary/aromatic N) is 3. The van der Waals surface area contributed by atoms with Gasteiger partial charge in [0, 0.05) is 35.5 Å². The average Bonchev–Trinajstić information content (AvgIpc) is 2.43. The van der Waals surface area contributed by atoms with Crippen LogP contribution >= 0.6 is 0 Å². The van der Waals surface area contributed by atoms with E-state index in [1.54, 1.807) is 0 Å². The molecule has 0 atom stereocenters. The summed E-state index contributed by atoms with van der Waals surface area (Å²) in [5.41, 5.74) is 7.30. The van der Waals surface area contributed by atoms with Gasteiger partial charge in [0.1, 0.15) is 0 Å². The van der Waals surface area contributed by atoms with Crippen LogP contribution in [-0.4, -0.2) is 11.4 Å². The SMILES string of the molecule is Nc1cc[n+](CCC[n+]2ccc(/C=N/O)cc2)cc1.[Br-].[Br-]. The number of hydrogen-bond donors (Lipinski definition) is 2. The van der Waals surface area contributed by atoms with E-state index in [0.717, 1.165) is 30.8 Å². The summed E-state index contributed by atoms with van der Waals surface area (Å²) in [5, 5.41) is 11.4. The summed E-state index contributed by atoms with van der Waals surface area (Å²) in [7, 11) is 0. The third kappa shape index (κ3) is 6.68. The molecule has 0 radical (unpaired) electrons. The lowest BCUT2D eigenvalue weighted by Gasteiger charge is -1.97. The van der Waals surface area contributed by atoms with Gasteiger partial charge in [-0.05, 0) is 0 Å². The minimum absolute atomic E-state index is 0. The summed E-state index contributed by atoms with van der Waals surface area (Å²) < 4.78 is 4.22. The molecule has 0 aliphatic carbocycles. The number of aryl methyl sites for hydroxylation is 2. The van der Waals surface area contributed by atoms with Crippen LogP contribution in [0.2, 0.25) is 0 Å². The van der Waals surface area contributed by atoms with Crippen molar-refractivity contribution in [3.63, 3.8) is 0 Å². The minimum atomic E-state index is 0. The average molecular weight is 418 g/mol. The van der Waals surface area contributed by atoms with Gasteiger partial charge < -0.3 is 44.9 Å². The lowest BCUT2D eigenvalue weighted by Crippen LogP contribution is -3.00. The molecule has 7 heteroatoms. The van der Waals surface area contributed by atoms with E-state index in [-0.39, 0.29) is 34.0 Å². The zero-order valence-electron chi connectivity index (χ0n) is 11.4. The van der Waals surface area contributed by atoms with Gasteiger partial charge in [-0.25, -0.2) is 9.13 Å². The second-order valence-electron chi connectivity index (χ2n) is 4.34. The molecule has 21 heavy (non-hydrogen) atoms. The molecule has 0 bridgehead atoms. The number of pyridine rings is 2. The first-order valence-electron chi connectivity index (χ1n) is 6.19. The van der Waals surface area contributed by atoms with E-state index >= 15 is 0 Å². The molecule has 2 heterocycles. The third-order valence-corrected chi connectivity index (χ3v) is 2.87. The highest BCUT2D eigenvalue weighted by Gasteiger charge is 2.04. The normalized spacial score (nSPS) is 9.90. The van der Waals surface area contributed by atoms with Gasteiger partial charge in [-0.15, -0.1) is 0 Å². The van der Waals surface area contributed by atoms with Gasteiger partial charge in [0.25, 0.3) is 0 Å². The van der Waals surface area contributed by atoms with Crippen molar-refractivity contribution in [1.29, 1.82) is 0 Å². The Hall–Kier alpha value is -1.47. The van der Waals surface area contributed by atoms with Crippen LogP contribution in [0.15, 0.2) is 54.2 Å². The van der Waals surface area contributed by atoms with Crippen molar-refractivity contribution in [3.8, 4) is 0 Å². The Labute approximate surface area is 145 Å². The Morgan fingerprint density at radius 2 is 1.43 bits per heavy atom. The fourth-order valence-electron chi connectivity index (χ4n) is 1.82. The van der Waals surface area contributed by atoms with Gasteiger partial charge in [-0.2, -0.15) is 0 Å². The van der Waals surface area contributed by atoms with Crippen molar-refractivity contribution < 1.29 is 48.3 Å². The summed E-state index contributed by atoms with van der Waals surface area (Å²) in [6, 6.07) is 7.62. The molecule has 2 aromatic rings. The highest BCUT2D eigenvalue weighted by Crippen LogP contribution is 1.94. The topological polar surface area (TPSA) is 66.4 Å². The number of hydrogen-bond acceptors (Lipinski definition) is 3. The molecule has 0 spiro atoms. The van der Waals surface area contributed by atoms with Gasteiger partial charge in [0.15, 0.2) is 37.9 Å². The predicted octanol–water partition coefficient (Wildman–Crippen LogP) is -5.25. The second-order valence-corrected chi connectivity index (χ2v) is 4.34. The molecule has 0 aromatic carbocycles. The third-order valence-electron chi connectivity index (χ3n) is 2.87. The van der Waals surface area contributed by atoms with E-state index in [2.05, 4.69) is 14.3 Å². The van der Waals surface area contributed by atoms with Crippen molar-refractivity contribution in [1.82, 2.24) is 0 Å². The first kappa shape index (κ1) is 19.5. The molecule has 0 fully saturated rings. The van der Waals surface area contributed by atoms with Gasteiger partial charge in [0.2, 0.25) is 0 Å². The van der Waals surface area contributed by atoms with E-state index in [9.17, 15) is 0 Å². The monoisotopic (exact) mass is 416 g/mol. The fraction of sp³-hybridized carbons (Fsp3) is 0.214. The van der Waals surface area contributed by atoms with Crippen LogP contribution in [-0.2, 0) is 13.1 Å². The Bertz CT molecular complexity index is 544. The number of rotatable bonds is 5. The lowest BCUT2D eigenvalue weighted by atomic mass is 10.3. The van der Waals surface area contributed by atoms with Crippen molar-refractivity contribution in [2.45, 2.75) is 19.5 Å². The maximum atomic E-state index is 8.43. The number of halogens is 2. The van der Waals surface area contributed by atoms with Crippen LogP contribution in [0.3, 0.4) is 0 Å². The highest BCUT2D eigenvalue weighted by molar-refractivity contribution is 5.78. The van der Waals surface area contributed by atoms with Crippen molar-refractivity contribution in [2.75, 3.05) is 5.73 Å². The number of nitrogen functional groups attached to an aromatic ring is 1. The first-order chi connectivity index (χ1) is 9.28. The van der Waals surface area contributed by atoms with Crippen LogP contribution in [0.1, 0.15) is 12.0 Å². The number of nitrogens with two attached hydrogens (primary N) is 1. The van der Waals surface area contributed by atoms with E-state index in [0.29, 0.717) is 0 Å². The van der Waals surface area contributed by atoms with Gasteiger partial charge in [-0.3, -0.25) is 0 Å². The first-order valence-corrected chi connectivity index (χ1v) is 6.19. The molecule has 0 unspecified atom stereocenters. The summed E-state index contributed by atoms with van der Waals surface area (Å²) in [4.78, 5) is 0. The van der Waals surface area contributed by atoms with Gasteiger partial charge in [0.05, 0.1) is 12.6 Å². The van der Waals surface area contributed by atoms with Crippen LogP contribution < -0.4 is 48.8 Å². The van der Waals surface area contributed by atoms with Crippen molar-refractivity contribution >= 4 is 11.9 Å². The Balaban J connectivity index is 0.00000200. The maximum Gasteiger partial charge on any atom is 0.170 e. The van der Waals surface area contributed by atoms with Gasteiger partial charge >= 0.3 is 0 Å². The number of anilines is 1. The molecule has 3 N–H and O–H groups in total. The van der Waals surface area contributed by atoms with Crippen LogP contribution in [0.5, 0.6) is 0 Å². The molecular formula is C14H18Br2N4O. The lowest BCUT2D eigenvalue weighted by molar-refractivity contribution is -0.726. The summed E-state index contributed by atoms with van der Waals surface area (Å²) in [6.07, 6.45) is 10.4. The van der Waals surface area contributed by atoms with Gasteiger partial charge in [-0.1, -0.05) is 5.16 Å². The second kappa shape index (κ2) is 10.3. The van der Waals surface area contributed by atoms with Crippen LogP contribution in [0, 0.1) is 0 Å². The smallest absolute Gasteiger partial charge is 0.170 e. The molecule has 0 saturated heterocycles. The maximum absolute atomic E-state index is 8.43. The summed E-state index contributed by atoms with van der Waals surface area (Å²) in [5.74, 6) is 0. The van der Waals surface area contributed by atoms with Crippen molar-refractivity contribution in [3.05, 3.63) is 54.6 Å². The Morgan fingerprint density at radius 3 is 1.90 bits per heavy atom. The van der Waals surface area contributed by atoms with Crippen molar-refractivity contribution in [2.24, 2.45) is 5.16 Å². The van der Waals surface area contributed by atoms with E-state index in [1.165, 1.54) is 6.21 Å². The Morgan fingerprint density at radius 1 is 0.952 bits per heavy atom. The minimum Gasteiger partial charge on any atom is -1.00 e. The molecule has 5 nitrogen and oxygen atoms in total. The van der Waals surface area contributed by atoms with Crippen LogP contribution in [0.4, 0.5) is 5.69 Å². The van der Waals surface area contributed by atoms with Crippen LogP contribution in [0.25, 0.3) is 0 Å². The molecule has 0 aliphatic heterocycles. The number of oxime groups is 1. The van der Waals surface area contributed by atoms with E-state index in [1.807, 2.05) is 49.1 Å². The zero-order valence-corrected chi connectivity index (χ0v) is 14.6. The zero-order chi connectivity index (χ0) is 13.5. The molecule has 0 amide bonds. The molecule has 114 valence electrons. The fourth-order valence-corrected chi connectivity index (χ4v) is 1.82. The molecule has 2 rings (SSSR count). The molecule has 2 aromatic heterocycles. The molecular weight excluding hydrogens is 400 g/mol. The highest BCUT2D eigenvalue weighted by atomic mass is 79.9. The van der Waals surface area contributed by atoms with E-state index in [4.69, 9.17) is 10.9 Å². The summed E-state index contributed by atoms with van der Waals surface area (Å²) in [6.45, 7) is 1.89. The summed E-state index contributed by atoms with van der Waals surface area (Å²) >= 11 is 0.